The SMILES string of the molecule is C=C1N=C(c2ccc(F)cc2)SC(O)=C1c1c(C)cc(C)cc1OC. The Morgan fingerprint density at radius 1 is 1.16 bits per heavy atom. The summed E-state index contributed by atoms with van der Waals surface area (Å²) in [5.41, 5.74) is 4.56. The molecule has 5 heteroatoms. The minimum atomic E-state index is -0.315. The number of allylic oxidation sites excluding steroid dienone is 1. The molecule has 25 heavy (non-hydrogen) atoms. The van der Waals surface area contributed by atoms with Gasteiger partial charge in [0.05, 0.1) is 18.4 Å². The maximum Gasteiger partial charge on any atom is 0.166 e. The van der Waals surface area contributed by atoms with Crippen LogP contribution in [0.1, 0.15) is 22.3 Å². The van der Waals surface area contributed by atoms with Gasteiger partial charge >= 0.3 is 0 Å². The minimum Gasteiger partial charge on any atom is -0.501 e. The Bertz CT molecular complexity index is 914. The van der Waals surface area contributed by atoms with Crippen molar-refractivity contribution in [2.75, 3.05) is 7.11 Å². The molecule has 0 aliphatic carbocycles. The van der Waals surface area contributed by atoms with E-state index in [1.807, 2.05) is 26.0 Å². The van der Waals surface area contributed by atoms with Crippen molar-refractivity contribution in [2.24, 2.45) is 4.99 Å². The smallest absolute Gasteiger partial charge is 0.166 e. The molecule has 0 unspecified atom stereocenters. The molecule has 0 saturated heterocycles. The zero-order valence-electron chi connectivity index (χ0n) is 14.3. The van der Waals surface area contributed by atoms with E-state index in [4.69, 9.17) is 4.74 Å². The van der Waals surface area contributed by atoms with Gasteiger partial charge in [-0.1, -0.05) is 12.6 Å². The predicted octanol–water partition coefficient (Wildman–Crippen LogP) is 5.39. The summed E-state index contributed by atoms with van der Waals surface area (Å²) in [7, 11) is 1.60. The Labute approximate surface area is 150 Å². The largest absolute Gasteiger partial charge is 0.501 e. The number of hydrogen-bond acceptors (Lipinski definition) is 4. The number of aliphatic hydroxyl groups is 1. The van der Waals surface area contributed by atoms with Crippen molar-refractivity contribution in [3.63, 3.8) is 0 Å². The van der Waals surface area contributed by atoms with Gasteiger partial charge in [-0.3, -0.25) is 0 Å². The fourth-order valence-corrected chi connectivity index (χ4v) is 3.76. The van der Waals surface area contributed by atoms with Gasteiger partial charge in [0.15, 0.2) is 5.09 Å². The van der Waals surface area contributed by atoms with Gasteiger partial charge in [-0.2, -0.15) is 0 Å². The maximum absolute atomic E-state index is 13.1. The molecule has 2 aromatic rings. The van der Waals surface area contributed by atoms with E-state index in [0.717, 1.165) is 34.0 Å². The third-order valence-electron chi connectivity index (χ3n) is 3.94. The Kier molecular flexibility index (Phi) is 4.68. The number of thioether (sulfide) groups is 1. The molecule has 0 amide bonds. The van der Waals surface area contributed by atoms with Gasteiger partial charge in [-0.25, -0.2) is 9.38 Å². The summed E-state index contributed by atoms with van der Waals surface area (Å²) in [5, 5.41) is 11.3. The zero-order valence-corrected chi connectivity index (χ0v) is 15.1. The number of aliphatic hydroxyl groups excluding tert-OH is 1. The number of nitrogens with zero attached hydrogens (tertiary/aromatic N) is 1. The van der Waals surface area contributed by atoms with Crippen LogP contribution < -0.4 is 4.74 Å². The van der Waals surface area contributed by atoms with Gasteiger partial charge in [-0.05, 0) is 67.1 Å². The summed E-state index contributed by atoms with van der Waals surface area (Å²) >= 11 is 1.13. The molecule has 0 spiro atoms. The molecular weight excluding hydrogens is 337 g/mol. The van der Waals surface area contributed by atoms with E-state index < -0.39 is 0 Å². The molecule has 128 valence electrons. The molecule has 3 nitrogen and oxygen atoms in total. The molecule has 0 fully saturated rings. The highest BCUT2D eigenvalue weighted by Gasteiger charge is 2.25. The van der Waals surface area contributed by atoms with Gasteiger partial charge < -0.3 is 9.84 Å². The van der Waals surface area contributed by atoms with Crippen LogP contribution >= 0.6 is 11.8 Å². The molecule has 0 aromatic heterocycles. The fourth-order valence-electron chi connectivity index (χ4n) is 2.84. The monoisotopic (exact) mass is 355 g/mol. The molecule has 0 atom stereocenters. The summed E-state index contributed by atoms with van der Waals surface area (Å²) < 4.78 is 18.6. The maximum atomic E-state index is 13.1. The Hall–Kier alpha value is -2.53. The number of aryl methyl sites for hydroxylation is 2. The predicted molar refractivity (Wildman–Crippen MR) is 102 cm³/mol. The second-order valence-corrected chi connectivity index (χ2v) is 6.79. The highest BCUT2D eigenvalue weighted by Crippen LogP contribution is 2.42. The first-order valence-corrected chi connectivity index (χ1v) is 8.53. The molecule has 0 saturated carbocycles. The normalized spacial score (nSPS) is 14.6. The molecular formula is C20H18FNO2S. The summed E-state index contributed by atoms with van der Waals surface area (Å²) in [6.07, 6.45) is 0. The summed E-state index contributed by atoms with van der Waals surface area (Å²) in [4.78, 5) is 4.52. The average Bonchev–Trinajstić information content (AvgIpc) is 2.56. The lowest BCUT2D eigenvalue weighted by Gasteiger charge is -2.21. The summed E-state index contributed by atoms with van der Waals surface area (Å²) in [6, 6.07) is 9.93. The first kappa shape index (κ1) is 17.3. The van der Waals surface area contributed by atoms with E-state index in [2.05, 4.69) is 11.6 Å². The van der Waals surface area contributed by atoms with Crippen molar-refractivity contribution in [3.05, 3.63) is 81.8 Å². The molecule has 3 rings (SSSR count). The van der Waals surface area contributed by atoms with E-state index in [1.54, 1.807) is 19.2 Å². The third-order valence-corrected chi connectivity index (χ3v) is 4.85. The third kappa shape index (κ3) is 3.33. The van der Waals surface area contributed by atoms with Crippen molar-refractivity contribution in [2.45, 2.75) is 13.8 Å². The number of methoxy groups -OCH3 is 1. The molecule has 0 bridgehead atoms. The van der Waals surface area contributed by atoms with Crippen LogP contribution in [0.25, 0.3) is 5.57 Å². The van der Waals surface area contributed by atoms with Crippen LogP contribution in [0.2, 0.25) is 0 Å². The number of hydrogen-bond donors (Lipinski definition) is 1. The summed E-state index contributed by atoms with van der Waals surface area (Å²) in [6.45, 7) is 7.96. The van der Waals surface area contributed by atoms with Crippen molar-refractivity contribution >= 4 is 22.4 Å². The van der Waals surface area contributed by atoms with Crippen LogP contribution in [0.5, 0.6) is 5.75 Å². The van der Waals surface area contributed by atoms with Crippen LogP contribution in [-0.4, -0.2) is 17.3 Å². The van der Waals surface area contributed by atoms with Crippen molar-refractivity contribution in [1.82, 2.24) is 0 Å². The average molecular weight is 355 g/mol. The first-order valence-electron chi connectivity index (χ1n) is 7.71. The number of aliphatic imine (C=N–C) groups is 1. The second kappa shape index (κ2) is 6.76. The van der Waals surface area contributed by atoms with E-state index >= 15 is 0 Å². The number of ether oxygens (including phenoxy) is 1. The van der Waals surface area contributed by atoms with Crippen LogP contribution in [0.3, 0.4) is 0 Å². The van der Waals surface area contributed by atoms with Crippen LogP contribution in [0.15, 0.2) is 58.8 Å². The first-order chi connectivity index (χ1) is 11.9. The van der Waals surface area contributed by atoms with E-state index in [0.29, 0.717) is 22.1 Å². The molecule has 1 heterocycles. The van der Waals surface area contributed by atoms with Gasteiger partial charge in [-0.15, -0.1) is 0 Å². The van der Waals surface area contributed by atoms with E-state index in [9.17, 15) is 9.50 Å². The molecule has 0 radical (unpaired) electrons. The zero-order chi connectivity index (χ0) is 18.1. The summed E-state index contributed by atoms with van der Waals surface area (Å²) in [5.74, 6) is 0.352. The second-order valence-electron chi connectivity index (χ2n) is 5.81. The van der Waals surface area contributed by atoms with Gasteiger partial charge in [0, 0.05) is 11.1 Å². The lowest BCUT2D eigenvalue weighted by molar-refractivity contribution is 0.412. The number of rotatable bonds is 3. The van der Waals surface area contributed by atoms with Crippen LogP contribution in [0.4, 0.5) is 4.39 Å². The molecule has 2 aromatic carbocycles. The quantitative estimate of drug-likeness (QED) is 0.803. The fraction of sp³-hybridized carbons (Fsp3) is 0.150. The highest BCUT2D eigenvalue weighted by atomic mass is 32.2. The molecule has 1 aliphatic rings. The van der Waals surface area contributed by atoms with E-state index in [-0.39, 0.29) is 10.9 Å². The Morgan fingerprint density at radius 2 is 1.84 bits per heavy atom. The standard InChI is InChI=1S/C20H18FNO2S/c1-11-9-12(2)17(16(10-11)24-4)18-13(3)22-19(25-20(18)23)14-5-7-15(21)8-6-14/h5-10,23H,3H2,1-2,4H3. The highest BCUT2D eigenvalue weighted by molar-refractivity contribution is 8.17. The number of halogens is 1. The van der Waals surface area contributed by atoms with Crippen LogP contribution in [-0.2, 0) is 0 Å². The number of benzene rings is 2. The van der Waals surface area contributed by atoms with Crippen molar-refractivity contribution in [3.8, 4) is 5.75 Å². The Balaban J connectivity index is 2.05. The lowest BCUT2D eigenvalue weighted by Crippen LogP contribution is -2.07. The Morgan fingerprint density at radius 3 is 2.44 bits per heavy atom. The van der Waals surface area contributed by atoms with Crippen molar-refractivity contribution < 1.29 is 14.2 Å². The van der Waals surface area contributed by atoms with E-state index in [1.165, 1.54) is 12.1 Å². The topological polar surface area (TPSA) is 41.8 Å². The minimum absolute atomic E-state index is 0.101. The van der Waals surface area contributed by atoms with Crippen LogP contribution in [0, 0.1) is 19.7 Å². The van der Waals surface area contributed by atoms with Gasteiger partial charge in [0.2, 0.25) is 0 Å². The van der Waals surface area contributed by atoms with Crippen molar-refractivity contribution in [1.29, 1.82) is 0 Å². The van der Waals surface area contributed by atoms with Gasteiger partial charge in [0.1, 0.15) is 16.6 Å². The van der Waals surface area contributed by atoms with Gasteiger partial charge in [0.25, 0.3) is 0 Å². The lowest BCUT2D eigenvalue weighted by atomic mass is 9.96. The molecule has 1 aliphatic heterocycles. The molecule has 1 N–H and O–H groups in total.